The first kappa shape index (κ1) is 13.8. The van der Waals surface area contributed by atoms with Crippen LogP contribution in [0.25, 0.3) is 0 Å². The van der Waals surface area contributed by atoms with E-state index in [4.69, 9.17) is 0 Å². The van der Waals surface area contributed by atoms with E-state index in [0.29, 0.717) is 5.92 Å². The van der Waals surface area contributed by atoms with E-state index >= 15 is 0 Å². The topological polar surface area (TPSA) is 46.1 Å². The van der Waals surface area contributed by atoms with Gasteiger partial charge >= 0.3 is 0 Å². The number of carbonyl (C=O) groups excluding carboxylic acids is 1. The smallest absolute Gasteiger partial charge is 0.236 e. The van der Waals surface area contributed by atoms with Crippen LogP contribution in [-0.2, 0) is 18.4 Å². The lowest BCUT2D eigenvalue weighted by Gasteiger charge is -2.18. The normalized spacial score (nSPS) is 12.8. The van der Waals surface area contributed by atoms with Gasteiger partial charge in [0.2, 0.25) is 5.91 Å². The van der Waals surface area contributed by atoms with Crippen molar-refractivity contribution in [1.82, 2.24) is 15.2 Å². The van der Waals surface area contributed by atoms with Crippen molar-refractivity contribution in [2.75, 3.05) is 7.05 Å². The molecule has 0 aliphatic rings. The number of rotatable bonds is 6. The van der Waals surface area contributed by atoms with Gasteiger partial charge in [-0.2, -0.15) is 0 Å². The van der Waals surface area contributed by atoms with Crippen molar-refractivity contribution >= 4 is 5.91 Å². The molecule has 17 heavy (non-hydrogen) atoms. The summed E-state index contributed by atoms with van der Waals surface area (Å²) in [5, 5.41) is 6.01. The third-order valence-corrected chi connectivity index (χ3v) is 2.72. The van der Waals surface area contributed by atoms with Crippen molar-refractivity contribution in [3.8, 4) is 0 Å². The maximum absolute atomic E-state index is 11.7. The lowest BCUT2D eigenvalue weighted by Crippen LogP contribution is -2.43. The van der Waals surface area contributed by atoms with E-state index in [9.17, 15) is 4.79 Å². The van der Waals surface area contributed by atoms with Crippen LogP contribution < -0.4 is 10.6 Å². The molecule has 1 heterocycles. The monoisotopic (exact) mass is 237 g/mol. The van der Waals surface area contributed by atoms with Gasteiger partial charge in [0.05, 0.1) is 6.04 Å². The molecule has 2 N–H and O–H groups in total. The Morgan fingerprint density at radius 3 is 2.65 bits per heavy atom. The van der Waals surface area contributed by atoms with Gasteiger partial charge in [-0.25, -0.2) is 0 Å². The quantitative estimate of drug-likeness (QED) is 0.783. The van der Waals surface area contributed by atoms with Crippen molar-refractivity contribution in [3.63, 3.8) is 0 Å². The number of likely N-dealkylation sites (N-methyl/N-ethyl adjacent to an activating group) is 1. The van der Waals surface area contributed by atoms with Crippen molar-refractivity contribution in [2.24, 2.45) is 13.0 Å². The molecule has 1 atom stereocenters. The van der Waals surface area contributed by atoms with E-state index in [1.54, 1.807) is 7.05 Å². The highest BCUT2D eigenvalue weighted by Gasteiger charge is 2.17. The molecule has 0 saturated carbocycles. The Morgan fingerprint density at radius 2 is 2.18 bits per heavy atom. The number of aryl methyl sites for hydroxylation is 1. The highest BCUT2D eigenvalue weighted by molar-refractivity contribution is 5.81. The summed E-state index contributed by atoms with van der Waals surface area (Å²) in [6, 6.07) is 1.95. The lowest BCUT2D eigenvalue weighted by molar-refractivity contribution is -0.123. The van der Waals surface area contributed by atoms with Crippen LogP contribution in [0.5, 0.6) is 0 Å². The highest BCUT2D eigenvalue weighted by Crippen LogP contribution is 2.06. The zero-order valence-electron chi connectivity index (χ0n) is 11.2. The van der Waals surface area contributed by atoms with E-state index in [0.717, 1.165) is 13.0 Å². The number of nitrogens with zero attached hydrogens (tertiary/aromatic N) is 1. The first-order valence-corrected chi connectivity index (χ1v) is 6.08. The van der Waals surface area contributed by atoms with Crippen LogP contribution in [0.3, 0.4) is 0 Å². The number of nitrogens with one attached hydrogen (secondary N) is 2. The maximum atomic E-state index is 11.7. The van der Waals surface area contributed by atoms with E-state index < -0.39 is 0 Å². The SMILES string of the molecule is CNC(=O)C(CC(C)C)NCc1ccn(C)c1. The van der Waals surface area contributed by atoms with Crippen LogP contribution in [0.4, 0.5) is 0 Å². The van der Waals surface area contributed by atoms with E-state index in [2.05, 4.69) is 36.7 Å². The second-order valence-corrected chi connectivity index (χ2v) is 4.86. The number of hydrogen-bond donors (Lipinski definition) is 2. The molecule has 0 radical (unpaired) electrons. The summed E-state index contributed by atoms with van der Waals surface area (Å²) in [4.78, 5) is 11.7. The largest absolute Gasteiger partial charge is 0.358 e. The molecule has 4 heteroatoms. The minimum Gasteiger partial charge on any atom is -0.358 e. The van der Waals surface area contributed by atoms with Gasteiger partial charge in [-0.15, -0.1) is 0 Å². The van der Waals surface area contributed by atoms with Gasteiger partial charge in [0.1, 0.15) is 0 Å². The van der Waals surface area contributed by atoms with Gasteiger partial charge in [0, 0.05) is 33.0 Å². The Kier molecular flexibility index (Phi) is 5.22. The zero-order chi connectivity index (χ0) is 12.8. The predicted molar refractivity (Wildman–Crippen MR) is 69.6 cm³/mol. The number of carbonyl (C=O) groups is 1. The molecule has 1 rings (SSSR count). The molecule has 1 amide bonds. The number of amides is 1. The van der Waals surface area contributed by atoms with Crippen molar-refractivity contribution < 1.29 is 4.79 Å². The van der Waals surface area contributed by atoms with E-state index in [1.807, 2.05) is 17.8 Å². The number of aromatic nitrogens is 1. The standard InChI is InChI=1S/C13H23N3O/c1-10(2)7-12(13(17)14-3)15-8-11-5-6-16(4)9-11/h5-6,9-10,12,15H,7-8H2,1-4H3,(H,14,17). The van der Waals surface area contributed by atoms with Crippen molar-refractivity contribution in [2.45, 2.75) is 32.9 Å². The molecule has 4 nitrogen and oxygen atoms in total. The van der Waals surface area contributed by atoms with E-state index in [1.165, 1.54) is 5.56 Å². The Hall–Kier alpha value is -1.29. The minimum atomic E-state index is -0.111. The van der Waals surface area contributed by atoms with Gasteiger partial charge in [-0.05, 0) is 24.0 Å². The molecule has 0 fully saturated rings. The highest BCUT2D eigenvalue weighted by atomic mass is 16.2. The molecule has 0 saturated heterocycles. The summed E-state index contributed by atoms with van der Waals surface area (Å²) >= 11 is 0. The Balaban J connectivity index is 2.51. The lowest BCUT2D eigenvalue weighted by atomic mass is 10.0. The van der Waals surface area contributed by atoms with Gasteiger partial charge in [-0.3, -0.25) is 4.79 Å². The molecular formula is C13H23N3O. The molecule has 0 bridgehead atoms. The van der Waals surface area contributed by atoms with Crippen LogP contribution in [0, 0.1) is 5.92 Å². The number of hydrogen-bond acceptors (Lipinski definition) is 2. The summed E-state index contributed by atoms with van der Waals surface area (Å²) in [5.74, 6) is 0.565. The Bertz CT molecular complexity index is 357. The zero-order valence-corrected chi connectivity index (χ0v) is 11.2. The van der Waals surface area contributed by atoms with Gasteiger partial charge in [-0.1, -0.05) is 13.8 Å². The van der Waals surface area contributed by atoms with Gasteiger partial charge < -0.3 is 15.2 Å². The molecule has 1 aromatic rings. The summed E-state index contributed by atoms with van der Waals surface area (Å²) in [5.41, 5.74) is 1.20. The van der Waals surface area contributed by atoms with Crippen LogP contribution in [0.15, 0.2) is 18.5 Å². The third kappa shape index (κ3) is 4.61. The van der Waals surface area contributed by atoms with E-state index in [-0.39, 0.29) is 11.9 Å². The van der Waals surface area contributed by atoms with Crippen LogP contribution in [0.1, 0.15) is 25.8 Å². The predicted octanol–water partition coefficient (Wildman–Crippen LogP) is 1.28. The van der Waals surface area contributed by atoms with Crippen LogP contribution in [-0.4, -0.2) is 23.6 Å². The van der Waals surface area contributed by atoms with Crippen LogP contribution in [0.2, 0.25) is 0 Å². The Morgan fingerprint density at radius 1 is 1.47 bits per heavy atom. The summed E-state index contributed by atoms with van der Waals surface area (Å²) in [7, 11) is 3.67. The molecule has 0 aliphatic heterocycles. The van der Waals surface area contributed by atoms with Crippen LogP contribution >= 0.6 is 0 Å². The first-order chi connectivity index (χ1) is 8.02. The molecular weight excluding hydrogens is 214 g/mol. The minimum absolute atomic E-state index is 0.0645. The molecule has 0 aromatic carbocycles. The average Bonchev–Trinajstić information content (AvgIpc) is 2.68. The Labute approximate surface area is 103 Å². The second-order valence-electron chi connectivity index (χ2n) is 4.86. The fraction of sp³-hybridized carbons (Fsp3) is 0.615. The molecule has 0 aliphatic carbocycles. The fourth-order valence-corrected chi connectivity index (χ4v) is 1.84. The molecule has 1 aromatic heterocycles. The molecule has 1 unspecified atom stereocenters. The van der Waals surface area contributed by atoms with Crippen molar-refractivity contribution in [1.29, 1.82) is 0 Å². The molecule has 96 valence electrons. The average molecular weight is 237 g/mol. The van der Waals surface area contributed by atoms with Crippen molar-refractivity contribution in [3.05, 3.63) is 24.0 Å². The summed E-state index contributed by atoms with van der Waals surface area (Å²) in [6.07, 6.45) is 4.92. The van der Waals surface area contributed by atoms with Gasteiger partial charge in [0.15, 0.2) is 0 Å². The van der Waals surface area contributed by atoms with Gasteiger partial charge in [0.25, 0.3) is 0 Å². The first-order valence-electron chi connectivity index (χ1n) is 6.08. The molecule has 0 spiro atoms. The second kappa shape index (κ2) is 6.45. The fourth-order valence-electron chi connectivity index (χ4n) is 1.84. The summed E-state index contributed by atoms with van der Waals surface area (Å²) < 4.78 is 2.01. The third-order valence-electron chi connectivity index (χ3n) is 2.72. The maximum Gasteiger partial charge on any atom is 0.236 e. The summed E-state index contributed by atoms with van der Waals surface area (Å²) in [6.45, 7) is 4.98.